The van der Waals surface area contributed by atoms with Crippen molar-refractivity contribution in [1.82, 2.24) is 9.38 Å². The molecule has 0 aromatic carbocycles. The Hall–Kier alpha value is -1.23. The molecule has 2 aromatic heterocycles. The van der Waals surface area contributed by atoms with E-state index in [1.165, 1.54) is 10.7 Å². The maximum Gasteiger partial charge on any atom is 0.170 e. The van der Waals surface area contributed by atoms with E-state index in [0.717, 1.165) is 0 Å². The minimum Gasteiger partial charge on any atom is -0.303 e. The molecule has 0 saturated heterocycles. The molecule has 0 aliphatic rings. The highest BCUT2D eigenvalue weighted by Gasteiger charge is 2.10. The summed E-state index contributed by atoms with van der Waals surface area (Å²) in [6, 6.07) is 1.55. The summed E-state index contributed by atoms with van der Waals surface area (Å²) in [5, 5.41) is 0. The standard InChI is InChI=1S/C8H4BrFN2O/c9-5-1-2-12-4-11-6(3-13)8(12)7(5)10/h1-4H. The SMILES string of the molecule is O=Cc1ncn2ccc(Br)c(F)c12. The Labute approximate surface area is 81.3 Å². The van der Waals surface area contributed by atoms with Crippen LogP contribution in [-0.4, -0.2) is 15.7 Å². The number of carbonyl (C=O) groups is 1. The lowest BCUT2D eigenvalue weighted by molar-refractivity contribution is 0.112. The van der Waals surface area contributed by atoms with Gasteiger partial charge < -0.3 is 4.40 Å². The Morgan fingerprint density at radius 3 is 3.08 bits per heavy atom. The van der Waals surface area contributed by atoms with E-state index in [1.807, 2.05) is 0 Å². The third kappa shape index (κ3) is 1.16. The second-order valence-corrected chi connectivity index (χ2v) is 3.34. The van der Waals surface area contributed by atoms with Gasteiger partial charge in [-0.15, -0.1) is 0 Å². The molecular formula is C8H4BrFN2O. The van der Waals surface area contributed by atoms with Crippen LogP contribution in [-0.2, 0) is 0 Å². The van der Waals surface area contributed by atoms with Crippen LogP contribution in [0.15, 0.2) is 23.1 Å². The topological polar surface area (TPSA) is 34.4 Å². The zero-order chi connectivity index (χ0) is 9.42. The van der Waals surface area contributed by atoms with Crippen molar-refractivity contribution >= 4 is 27.7 Å². The van der Waals surface area contributed by atoms with E-state index in [4.69, 9.17) is 0 Å². The van der Waals surface area contributed by atoms with Gasteiger partial charge in [-0.25, -0.2) is 9.37 Å². The largest absolute Gasteiger partial charge is 0.303 e. The molecule has 3 nitrogen and oxygen atoms in total. The number of hydrogen-bond donors (Lipinski definition) is 0. The summed E-state index contributed by atoms with van der Waals surface area (Å²) >= 11 is 3.03. The molecule has 0 saturated carbocycles. The van der Waals surface area contributed by atoms with Crippen molar-refractivity contribution in [3.05, 3.63) is 34.6 Å². The maximum atomic E-state index is 13.4. The first-order valence-corrected chi connectivity index (χ1v) is 4.29. The second-order valence-electron chi connectivity index (χ2n) is 2.48. The van der Waals surface area contributed by atoms with Gasteiger partial charge in [0.2, 0.25) is 0 Å². The van der Waals surface area contributed by atoms with Crippen molar-refractivity contribution in [2.75, 3.05) is 0 Å². The third-order valence-electron chi connectivity index (χ3n) is 1.73. The maximum absolute atomic E-state index is 13.4. The summed E-state index contributed by atoms with van der Waals surface area (Å²) in [6.07, 6.45) is 3.56. The van der Waals surface area contributed by atoms with Gasteiger partial charge in [-0.05, 0) is 22.0 Å². The first-order valence-electron chi connectivity index (χ1n) is 3.50. The number of aldehydes is 1. The van der Waals surface area contributed by atoms with Crippen molar-refractivity contribution in [1.29, 1.82) is 0 Å². The Morgan fingerprint density at radius 1 is 1.62 bits per heavy atom. The smallest absolute Gasteiger partial charge is 0.170 e. The molecule has 2 heterocycles. The number of imidazole rings is 1. The molecule has 0 aliphatic carbocycles. The van der Waals surface area contributed by atoms with E-state index in [2.05, 4.69) is 20.9 Å². The molecule has 0 N–H and O–H groups in total. The van der Waals surface area contributed by atoms with E-state index < -0.39 is 5.82 Å². The zero-order valence-electron chi connectivity index (χ0n) is 6.37. The van der Waals surface area contributed by atoms with E-state index in [9.17, 15) is 9.18 Å². The van der Waals surface area contributed by atoms with E-state index in [1.54, 1.807) is 12.3 Å². The van der Waals surface area contributed by atoms with Crippen LogP contribution in [0.1, 0.15) is 10.5 Å². The fraction of sp³-hybridized carbons (Fsp3) is 0. The van der Waals surface area contributed by atoms with Crippen LogP contribution in [0.2, 0.25) is 0 Å². The van der Waals surface area contributed by atoms with Crippen LogP contribution in [0, 0.1) is 5.82 Å². The lowest BCUT2D eigenvalue weighted by Crippen LogP contribution is -1.90. The Balaban J connectivity index is 2.93. The Kier molecular flexibility index (Phi) is 1.88. The molecular weight excluding hydrogens is 239 g/mol. The fourth-order valence-electron chi connectivity index (χ4n) is 1.13. The van der Waals surface area contributed by atoms with Gasteiger partial charge in [-0.1, -0.05) is 0 Å². The van der Waals surface area contributed by atoms with Gasteiger partial charge >= 0.3 is 0 Å². The zero-order valence-corrected chi connectivity index (χ0v) is 7.95. The van der Waals surface area contributed by atoms with Crippen LogP contribution in [0.4, 0.5) is 4.39 Å². The fourth-order valence-corrected chi connectivity index (χ4v) is 1.44. The molecule has 0 atom stereocenters. The van der Waals surface area contributed by atoms with Gasteiger partial charge in [0.15, 0.2) is 12.1 Å². The van der Waals surface area contributed by atoms with Crippen LogP contribution >= 0.6 is 15.9 Å². The molecule has 0 radical (unpaired) electrons. The summed E-state index contributed by atoms with van der Waals surface area (Å²) in [5.74, 6) is -0.470. The van der Waals surface area contributed by atoms with E-state index in [0.29, 0.717) is 10.8 Å². The number of hydrogen-bond acceptors (Lipinski definition) is 2. The minimum atomic E-state index is -0.470. The molecule has 0 aliphatic heterocycles. The van der Waals surface area contributed by atoms with Gasteiger partial charge in [0, 0.05) is 6.20 Å². The number of aromatic nitrogens is 2. The predicted molar refractivity (Wildman–Crippen MR) is 48.2 cm³/mol. The van der Waals surface area contributed by atoms with Crippen LogP contribution < -0.4 is 0 Å². The quantitative estimate of drug-likeness (QED) is 0.718. The third-order valence-corrected chi connectivity index (χ3v) is 2.35. The molecule has 2 rings (SSSR count). The number of rotatable bonds is 1. The molecule has 0 unspecified atom stereocenters. The number of pyridine rings is 1. The average molecular weight is 243 g/mol. The van der Waals surface area contributed by atoms with Gasteiger partial charge in [0.1, 0.15) is 17.5 Å². The molecule has 0 amide bonds. The Bertz CT molecular complexity index is 480. The molecule has 0 spiro atoms. The summed E-state index contributed by atoms with van der Waals surface area (Å²) < 4.78 is 15.2. The molecule has 0 fully saturated rings. The van der Waals surface area contributed by atoms with Crippen molar-refractivity contribution in [3.8, 4) is 0 Å². The van der Waals surface area contributed by atoms with Crippen molar-refractivity contribution < 1.29 is 9.18 Å². The van der Waals surface area contributed by atoms with Crippen molar-refractivity contribution in [3.63, 3.8) is 0 Å². The van der Waals surface area contributed by atoms with Crippen LogP contribution in [0.3, 0.4) is 0 Å². The predicted octanol–water partition coefficient (Wildman–Crippen LogP) is 2.05. The van der Waals surface area contributed by atoms with Gasteiger partial charge in [-0.3, -0.25) is 4.79 Å². The number of halogens is 2. The lowest BCUT2D eigenvalue weighted by atomic mass is 10.3. The number of fused-ring (bicyclic) bond motifs is 1. The Morgan fingerprint density at radius 2 is 2.38 bits per heavy atom. The summed E-state index contributed by atoms with van der Waals surface area (Å²) in [5.41, 5.74) is 0.308. The summed E-state index contributed by atoms with van der Waals surface area (Å²) in [4.78, 5) is 14.2. The van der Waals surface area contributed by atoms with Crippen molar-refractivity contribution in [2.45, 2.75) is 0 Å². The monoisotopic (exact) mass is 242 g/mol. The van der Waals surface area contributed by atoms with Gasteiger partial charge in [-0.2, -0.15) is 0 Å². The highest BCUT2D eigenvalue weighted by atomic mass is 79.9. The molecule has 0 bridgehead atoms. The highest BCUT2D eigenvalue weighted by Crippen LogP contribution is 2.20. The number of nitrogens with zero attached hydrogens (tertiary/aromatic N) is 2. The normalized spacial score (nSPS) is 10.6. The molecule has 5 heteroatoms. The van der Waals surface area contributed by atoms with Crippen LogP contribution in [0.5, 0.6) is 0 Å². The highest BCUT2D eigenvalue weighted by molar-refractivity contribution is 9.10. The first kappa shape index (κ1) is 8.37. The first-order chi connectivity index (χ1) is 6.24. The van der Waals surface area contributed by atoms with Crippen molar-refractivity contribution in [2.24, 2.45) is 0 Å². The van der Waals surface area contributed by atoms with Gasteiger partial charge in [0.25, 0.3) is 0 Å². The lowest BCUT2D eigenvalue weighted by Gasteiger charge is -1.97. The molecule has 13 heavy (non-hydrogen) atoms. The minimum absolute atomic E-state index is 0.110. The van der Waals surface area contributed by atoms with E-state index in [-0.39, 0.29) is 11.2 Å². The van der Waals surface area contributed by atoms with E-state index >= 15 is 0 Å². The van der Waals surface area contributed by atoms with Gasteiger partial charge in [0.05, 0.1) is 4.47 Å². The van der Waals surface area contributed by atoms with Crippen LogP contribution in [0.25, 0.3) is 5.52 Å². The number of carbonyl (C=O) groups excluding carboxylic acids is 1. The second kappa shape index (κ2) is 2.92. The molecule has 2 aromatic rings. The molecule has 66 valence electrons. The summed E-state index contributed by atoms with van der Waals surface area (Å²) in [7, 11) is 0. The summed E-state index contributed by atoms with van der Waals surface area (Å²) in [6.45, 7) is 0. The average Bonchev–Trinajstić information content (AvgIpc) is 2.55.